The van der Waals surface area contributed by atoms with Gasteiger partial charge >= 0.3 is 0 Å². The number of likely N-dealkylation sites (tertiary alicyclic amines) is 1. The average Bonchev–Trinajstić information content (AvgIpc) is 3.28. The first-order valence-corrected chi connectivity index (χ1v) is 10.4. The normalized spacial score (nSPS) is 13.5. The van der Waals surface area contributed by atoms with Gasteiger partial charge in [0.05, 0.1) is 5.56 Å². The molecule has 0 radical (unpaired) electrons. The Bertz CT molecular complexity index is 948. The topological polar surface area (TPSA) is 45.2 Å². The number of pyridine rings is 1. The maximum Gasteiger partial charge on any atom is 0.254 e. The van der Waals surface area contributed by atoms with Gasteiger partial charge in [0.15, 0.2) is 0 Å². The number of carbonyl (C=O) groups excluding carboxylic acids is 1. The molecule has 4 rings (SSSR count). The number of anilines is 1. The van der Waals surface area contributed by atoms with E-state index in [4.69, 9.17) is 0 Å². The van der Waals surface area contributed by atoms with Crippen LogP contribution in [0, 0.1) is 6.92 Å². The van der Waals surface area contributed by atoms with E-state index >= 15 is 0 Å². The van der Waals surface area contributed by atoms with Crippen LogP contribution in [0.3, 0.4) is 0 Å². The van der Waals surface area contributed by atoms with Crippen LogP contribution in [0.15, 0.2) is 71.9 Å². The fourth-order valence-corrected chi connectivity index (χ4v) is 3.99. The van der Waals surface area contributed by atoms with Crippen molar-refractivity contribution in [3.63, 3.8) is 0 Å². The van der Waals surface area contributed by atoms with Gasteiger partial charge in [-0.1, -0.05) is 29.8 Å². The summed E-state index contributed by atoms with van der Waals surface area (Å²) in [4.78, 5) is 20.2. The molecule has 0 saturated carbocycles. The summed E-state index contributed by atoms with van der Waals surface area (Å²) in [5.41, 5.74) is 4.89. The Morgan fingerprint density at radius 1 is 1.00 bits per heavy atom. The molecule has 1 saturated heterocycles. The van der Waals surface area contributed by atoms with Gasteiger partial charge in [0, 0.05) is 41.6 Å². The third kappa shape index (κ3) is 4.20. The number of amides is 1. The first kappa shape index (κ1) is 18.6. The molecule has 1 amide bonds. The largest absolute Gasteiger partial charge is 0.339 e. The summed E-state index contributed by atoms with van der Waals surface area (Å²) in [5.74, 6) is 0.104. The molecule has 1 fully saturated rings. The molecule has 0 unspecified atom stereocenters. The molecule has 5 heteroatoms. The fraction of sp³-hybridized carbons (Fsp3) is 0.217. The van der Waals surface area contributed by atoms with E-state index in [2.05, 4.69) is 40.9 Å². The van der Waals surface area contributed by atoms with Crippen molar-refractivity contribution in [2.45, 2.75) is 24.7 Å². The Morgan fingerprint density at radius 2 is 1.71 bits per heavy atom. The predicted octanol–water partition coefficient (Wildman–Crippen LogP) is 5.41. The molecule has 1 aromatic heterocycles. The summed E-state index contributed by atoms with van der Waals surface area (Å²) in [7, 11) is 0. The molecule has 1 aliphatic rings. The van der Waals surface area contributed by atoms with E-state index in [0.717, 1.165) is 48.3 Å². The van der Waals surface area contributed by atoms with Crippen molar-refractivity contribution >= 4 is 23.5 Å². The van der Waals surface area contributed by atoms with Gasteiger partial charge in [0.25, 0.3) is 5.91 Å². The minimum atomic E-state index is 0.104. The van der Waals surface area contributed by atoms with Crippen molar-refractivity contribution < 1.29 is 4.79 Å². The Balaban J connectivity index is 1.49. The van der Waals surface area contributed by atoms with E-state index in [-0.39, 0.29) is 5.91 Å². The van der Waals surface area contributed by atoms with Gasteiger partial charge < -0.3 is 9.62 Å². The summed E-state index contributed by atoms with van der Waals surface area (Å²) in [5, 5.41) is 0. The highest BCUT2D eigenvalue weighted by atomic mass is 32.2. The van der Waals surface area contributed by atoms with E-state index in [1.807, 2.05) is 35.2 Å². The molecule has 1 N–H and O–H groups in total. The Morgan fingerprint density at radius 3 is 2.43 bits per heavy atom. The van der Waals surface area contributed by atoms with Crippen LogP contribution in [0.1, 0.15) is 28.8 Å². The van der Waals surface area contributed by atoms with Crippen molar-refractivity contribution in [2.24, 2.45) is 0 Å². The highest BCUT2D eigenvalue weighted by Crippen LogP contribution is 2.28. The lowest BCUT2D eigenvalue weighted by Crippen LogP contribution is -2.28. The lowest BCUT2D eigenvalue weighted by atomic mass is 10.0. The number of rotatable bonds is 5. The molecule has 142 valence electrons. The zero-order chi connectivity index (χ0) is 19.3. The highest BCUT2D eigenvalue weighted by molar-refractivity contribution is 8.00. The second-order valence-corrected chi connectivity index (χ2v) is 7.89. The van der Waals surface area contributed by atoms with Crippen LogP contribution in [0.25, 0.3) is 11.1 Å². The second kappa shape index (κ2) is 8.48. The molecule has 2 heterocycles. The third-order valence-electron chi connectivity index (χ3n) is 4.95. The molecule has 0 bridgehead atoms. The van der Waals surface area contributed by atoms with Gasteiger partial charge in [-0.2, -0.15) is 0 Å². The van der Waals surface area contributed by atoms with Crippen LogP contribution in [0.2, 0.25) is 0 Å². The standard InChI is InChI=1S/C23H23N3OS/c1-17-4-10-20(11-5-17)28-25-19-8-6-18(7-9-19)22-16-24-13-12-21(22)23(27)26-14-2-3-15-26/h4-13,16,25H,2-3,14-15H2,1H3. The van der Waals surface area contributed by atoms with E-state index in [9.17, 15) is 4.79 Å². The number of nitrogens with one attached hydrogen (secondary N) is 1. The van der Waals surface area contributed by atoms with Crippen LogP contribution in [-0.4, -0.2) is 28.9 Å². The zero-order valence-electron chi connectivity index (χ0n) is 15.9. The minimum Gasteiger partial charge on any atom is -0.339 e. The lowest BCUT2D eigenvalue weighted by molar-refractivity contribution is 0.0793. The minimum absolute atomic E-state index is 0.104. The number of carbonyl (C=O) groups is 1. The van der Waals surface area contributed by atoms with Crippen molar-refractivity contribution in [3.05, 3.63) is 78.1 Å². The van der Waals surface area contributed by atoms with E-state index in [0.29, 0.717) is 0 Å². The molecular formula is C23H23N3OS. The van der Waals surface area contributed by atoms with Crippen LogP contribution in [0.5, 0.6) is 0 Å². The predicted molar refractivity (Wildman–Crippen MR) is 115 cm³/mol. The molecule has 2 aromatic carbocycles. The average molecular weight is 390 g/mol. The Kier molecular flexibility index (Phi) is 5.63. The van der Waals surface area contributed by atoms with Crippen molar-refractivity contribution in [1.29, 1.82) is 0 Å². The molecule has 0 aliphatic carbocycles. The first-order valence-electron chi connectivity index (χ1n) is 9.54. The third-order valence-corrected chi connectivity index (χ3v) is 5.79. The van der Waals surface area contributed by atoms with Crippen molar-refractivity contribution in [3.8, 4) is 11.1 Å². The number of aryl methyl sites for hydroxylation is 1. The van der Waals surface area contributed by atoms with Crippen LogP contribution in [-0.2, 0) is 0 Å². The molecule has 1 aliphatic heterocycles. The number of benzene rings is 2. The molecular weight excluding hydrogens is 366 g/mol. The molecule has 28 heavy (non-hydrogen) atoms. The van der Waals surface area contributed by atoms with Gasteiger partial charge in [0.1, 0.15) is 0 Å². The molecule has 3 aromatic rings. The summed E-state index contributed by atoms with van der Waals surface area (Å²) >= 11 is 1.59. The smallest absolute Gasteiger partial charge is 0.254 e. The first-order chi connectivity index (χ1) is 13.7. The maximum atomic E-state index is 12.9. The number of hydrogen-bond acceptors (Lipinski definition) is 4. The Hall–Kier alpha value is -2.79. The summed E-state index contributed by atoms with van der Waals surface area (Å²) < 4.78 is 3.37. The van der Waals surface area contributed by atoms with E-state index in [1.54, 1.807) is 24.3 Å². The molecule has 0 atom stereocenters. The second-order valence-electron chi connectivity index (χ2n) is 7.02. The maximum absolute atomic E-state index is 12.9. The van der Waals surface area contributed by atoms with Crippen LogP contribution in [0.4, 0.5) is 5.69 Å². The van der Waals surface area contributed by atoms with E-state index < -0.39 is 0 Å². The fourth-order valence-electron chi connectivity index (χ4n) is 3.34. The van der Waals surface area contributed by atoms with E-state index in [1.165, 1.54) is 10.5 Å². The summed E-state index contributed by atoms with van der Waals surface area (Å²) in [6, 6.07) is 18.4. The van der Waals surface area contributed by atoms with Crippen molar-refractivity contribution in [2.75, 3.05) is 17.8 Å². The van der Waals surface area contributed by atoms with Gasteiger partial charge in [-0.3, -0.25) is 9.78 Å². The van der Waals surface area contributed by atoms with Gasteiger partial charge in [-0.05, 0) is 67.6 Å². The summed E-state index contributed by atoms with van der Waals surface area (Å²) in [6.45, 7) is 3.78. The summed E-state index contributed by atoms with van der Waals surface area (Å²) in [6.07, 6.45) is 5.66. The van der Waals surface area contributed by atoms with Gasteiger partial charge in [-0.15, -0.1) is 0 Å². The number of hydrogen-bond donors (Lipinski definition) is 1. The SMILES string of the molecule is Cc1ccc(SNc2ccc(-c3cnccc3C(=O)N3CCCC3)cc2)cc1. The zero-order valence-corrected chi connectivity index (χ0v) is 16.7. The van der Waals surface area contributed by atoms with Crippen molar-refractivity contribution in [1.82, 2.24) is 9.88 Å². The van der Waals surface area contributed by atoms with Crippen LogP contribution >= 0.6 is 11.9 Å². The molecule has 4 nitrogen and oxygen atoms in total. The van der Waals surface area contributed by atoms with Gasteiger partial charge in [0.2, 0.25) is 0 Å². The Labute approximate surface area is 170 Å². The lowest BCUT2D eigenvalue weighted by Gasteiger charge is -2.17. The van der Waals surface area contributed by atoms with Gasteiger partial charge in [-0.25, -0.2) is 0 Å². The number of nitrogens with zero attached hydrogens (tertiary/aromatic N) is 2. The highest BCUT2D eigenvalue weighted by Gasteiger charge is 2.22. The van der Waals surface area contributed by atoms with Crippen LogP contribution < -0.4 is 4.72 Å². The quantitative estimate of drug-likeness (QED) is 0.593. The number of aromatic nitrogens is 1. The monoisotopic (exact) mass is 389 g/mol. The molecule has 0 spiro atoms.